The number of hydrogen-bond donors (Lipinski definition) is 0. The zero-order valence-corrected chi connectivity index (χ0v) is 12.6. The molecule has 2 heterocycles. The molecular weight excluding hydrogens is 383 g/mol. The second-order valence-corrected chi connectivity index (χ2v) is 5.72. The predicted molar refractivity (Wildman–Crippen MR) is 73.7 cm³/mol. The average Bonchev–Trinajstić information content (AvgIpc) is 2.64. The highest BCUT2D eigenvalue weighted by Crippen LogP contribution is 2.17. The van der Waals surface area contributed by atoms with E-state index < -0.39 is 0 Å². The van der Waals surface area contributed by atoms with E-state index in [-0.39, 0.29) is 0 Å². The minimum absolute atomic E-state index is 0.297. The van der Waals surface area contributed by atoms with Crippen LogP contribution in [0.1, 0.15) is 25.6 Å². The molecule has 0 saturated heterocycles. The maximum Gasteiger partial charge on any atom is 0.158 e. The van der Waals surface area contributed by atoms with Gasteiger partial charge in [0.2, 0.25) is 0 Å². The van der Waals surface area contributed by atoms with Gasteiger partial charge in [0.15, 0.2) is 5.82 Å². The fourth-order valence-electron chi connectivity index (χ4n) is 1.22. The molecular formula is C10H10BrIN4. The third-order valence-corrected chi connectivity index (χ3v) is 2.96. The van der Waals surface area contributed by atoms with Crippen LogP contribution in [0, 0.1) is 3.57 Å². The first-order valence-electron chi connectivity index (χ1n) is 4.81. The molecule has 6 heteroatoms. The summed E-state index contributed by atoms with van der Waals surface area (Å²) in [7, 11) is 0. The molecule has 0 radical (unpaired) electrons. The lowest BCUT2D eigenvalue weighted by Gasteiger charge is -2.07. The maximum atomic E-state index is 4.47. The van der Waals surface area contributed by atoms with Crippen LogP contribution in [0.25, 0.3) is 5.82 Å². The highest BCUT2D eigenvalue weighted by Gasteiger charge is 2.08. The van der Waals surface area contributed by atoms with E-state index in [4.69, 9.17) is 0 Å². The second-order valence-electron chi connectivity index (χ2n) is 3.66. The quantitative estimate of drug-likeness (QED) is 0.582. The standard InChI is InChI=1S/C10H10BrIN4/c1-6(2)10-14-8(11)3-9(15-10)16-5-7(12)4-13-16/h3-6H,1-2H3. The van der Waals surface area contributed by atoms with Gasteiger partial charge >= 0.3 is 0 Å². The number of halogens is 2. The van der Waals surface area contributed by atoms with E-state index in [0.717, 1.165) is 19.8 Å². The minimum Gasteiger partial charge on any atom is -0.226 e. The van der Waals surface area contributed by atoms with E-state index in [0.29, 0.717) is 5.92 Å². The van der Waals surface area contributed by atoms with E-state index >= 15 is 0 Å². The number of hydrogen-bond acceptors (Lipinski definition) is 3. The lowest BCUT2D eigenvalue weighted by Crippen LogP contribution is -2.04. The van der Waals surface area contributed by atoms with Crippen LogP contribution in [0.5, 0.6) is 0 Å². The minimum atomic E-state index is 0.297. The van der Waals surface area contributed by atoms with Crippen LogP contribution in [-0.2, 0) is 0 Å². The van der Waals surface area contributed by atoms with Crippen LogP contribution in [0.15, 0.2) is 23.1 Å². The molecule has 0 aliphatic heterocycles. The van der Waals surface area contributed by atoms with Gasteiger partial charge in [-0.25, -0.2) is 14.6 Å². The molecule has 0 saturated carbocycles. The molecule has 0 aliphatic rings. The smallest absolute Gasteiger partial charge is 0.158 e. The van der Waals surface area contributed by atoms with Crippen molar-refractivity contribution in [3.8, 4) is 5.82 Å². The van der Waals surface area contributed by atoms with Crippen molar-refractivity contribution in [2.45, 2.75) is 19.8 Å². The Bertz CT molecular complexity index is 509. The maximum absolute atomic E-state index is 4.47. The summed E-state index contributed by atoms with van der Waals surface area (Å²) in [6.07, 6.45) is 3.73. The molecule has 2 aromatic heterocycles. The Balaban J connectivity index is 2.49. The Morgan fingerprint density at radius 3 is 2.69 bits per heavy atom. The van der Waals surface area contributed by atoms with Gasteiger partial charge < -0.3 is 0 Å². The normalized spacial score (nSPS) is 11.1. The molecule has 2 rings (SSSR count). The summed E-state index contributed by atoms with van der Waals surface area (Å²) in [5.41, 5.74) is 0. The SMILES string of the molecule is CC(C)c1nc(Br)cc(-n2cc(I)cn2)n1. The van der Waals surface area contributed by atoms with Gasteiger partial charge in [-0.2, -0.15) is 5.10 Å². The molecule has 2 aromatic rings. The highest BCUT2D eigenvalue weighted by atomic mass is 127. The first-order valence-corrected chi connectivity index (χ1v) is 6.68. The van der Waals surface area contributed by atoms with Crippen LogP contribution >= 0.6 is 38.5 Å². The van der Waals surface area contributed by atoms with Gasteiger partial charge in [-0.1, -0.05) is 13.8 Å². The van der Waals surface area contributed by atoms with Crippen LogP contribution in [0.2, 0.25) is 0 Å². The van der Waals surface area contributed by atoms with Gasteiger partial charge in [0.1, 0.15) is 10.4 Å². The summed E-state index contributed by atoms with van der Waals surface area (Å²) in [6.45, 7) is 4.14. The van der Waals surface area contributed by atoms with E-state index in [2.05, 4.69) is 67.4 Å². The summed E-state index contributed by atoms with van der Waals surface area (Å²) in [6, 6.07) is 1.86. The first kappa shape index (κ1) is 12.0. The van der Waals surface area contributed by atoms with Gasteiger partial charge in [0.25, 0.3) is 0 Å². The summed E-state index contributed by atoms with van der Waals surface area (Å²) in [4.78, 5) is 8.80. The Morgan fingerprint density at radius 1 is 1.38 bits per heavy atom. The zero-order valence-electron chi connectivity index (χ0n) is 8.85. The molecule has 0 amide bonds. The van der Waals surface area contributed by atoms with Crippen molar-refractivity contribution < 1.29 is 0 Å². The van der Waals surface area contributed by atoms with Gasteiger partial charge in [0.05, 0.1) is 9.77 Å². The summed E-state index contributed by atoms with van der Waals surface area (Å²) in [5, 5.41) is 4.23. The highest BCUT2D eigenvalue weighted by molar-refractivity contribution is 14.1. The molecule has 0 atom stereocenters. The van der Waals surface area contributed by atoms with Gasteiger partial charge in [-0.05, 0) is 38.5 Å². The molecule has 0 N–H and O–H groups in total. The van der Waals surface area contributed by atoms with Crippen molar-refractivity contribution in [2.75, 3.05) is 0 Å². The lowest BCUT2D eigenvalue weighted by molar-refractivity contribution is 0.740. The van der Waals surface area contributed by atoms with Crippen molar-refractivity contribution >= 4 is 38.5 Å². The van der Waals surface area contributed by atoms with E-state index in [9.17, 15) is 0 Å². The Hall–Kier alpha value is -0.500. The lowest BCUT2D eigenvalue weighted by atomic mass is 10.2. The van der Waals surface area contributed by atoms with Crippen LogP contribution in [-0.4, -0.2) is 19.7 Å². The van der Waals surface area contributed by atoms with Crippen LogP contribution < -0.4 is 0 Å². The molecule has 0 fully saturated rings. The van der Waals surface area contributed by atoms with Crippen molar-refractivity contribution in [3.63, 3.8) is 0 Å². The largest absolute Gasteiger partial charge is 0.226 e. The van der Waals surface area contributed by atoms with E-state index in [1.54, 1.807) is 10.9 Å². The third-order valence-electron chi connectivity index (χ3n) is 2.00. The molecule has 0 aromatic carbocycles. The third kappa shape index (κ3) is 2.60. The predicted octanol–water partition coefficient (Wildman–Crippen LogP) is 3.15. The molecule has 84 valence electrons. The van der Waals surface area contributed by atoms with E-state index in [1.165, 1.54) is 0 Å². The Morgan fingerprint density at radius 2 is 2.12 bits per heavy atom. The Kier molecular flexibility index (Phi) is 3.58. The van der Waals surface area contributed by atoms with Crippen LogP contribution in [0.3, 0.4) is 0 Å². The average molecular weight is 393 g/mol. The zero-order chi connectivity index (χ0) is 11.7. The van der Waals surface area contributed by atoms with Crippen molar-refractivity contribution in [1.82, 2.24) is 19.7 Å². The van der Waals surface area contributed by atoms with Crippen LogP contribution in [0.4, 0.5) is 0 Å². The number of aromatic nitrogens is 4. The van der Waals surface area contributed by atoms with Gasteiger partial charge in [-0.3, -0.25) is 0 Å². The summed E-state index contributed by atoms with van der Waals surface area (Å²) < 4.78 is 3.62. The topological polar surface area (TPSA) is 43.6 Å². The van der Waals surface area contributed by atoms with Crippen molar-refractivity contribution in [3.05, 3.63) is 32.5 Å². The summed E-state index contributed by atoms with van der Waals surface area (Å²) >= 11 is 5.61. The van der Waals surface area contributed by atoms with Crippen molar-refractivity contribution in [1.29, 1.82) is 0 Å². The fourth-order valence-corrected chi connectivity index (χ4v) is 2.00. The van der Waals surface area contributed by atoms with Gasteiger partial charge in [0, 0.05) is 18.2 Å². The second kappa shape index (κ2) is 4.79. The number of nitrogens with zero attached hydrogens (tertiary/aromatic N) is 4. The first-order chi connectivity index (χ1) is 7.56. The monoisotopic (exact) mass is 392 g/mol. The molecule has 4 nitrogen and oxygen atoms in total. The van der Waals surface area contributed by atoms with E-state index in [1.807, 2.05) is 12.3 Å². The molecule has 0 aliphatic carbocycles. The van der Waals surface area contributed by atoms with Gasteiger partial charge in [-0.15, -0.1) is 0 Å². The summed E-state index contributed by atoms with van der Waals surface area (Å²) in [5.74, 6) is 1.90. The molecule has 0 bridgehead atoms. The number of rotatable bonds is 2. The molecule has 0 unspecified atom stereocenters. The Labute approximate surface area is 116 Å². The fraction of sp³-hybridized carbons (Fsp3) is 0.300. The van der Waals surface area contributed by atoms with Crippen molar-refractivity contribution in [2.24, 2.45) is 0 Å². The molecule has 0 spiro atoms. The molecule has 16 heavy (non-hydrogen) atoms.